The van der Waals surface area contributed by atoms with Crippen molar-refractivity contribution in [1.29, 1.82) is 0 Å². The lowest BCUT2D eigenvalue weighted by Gasteiger charge is -2.24. The van der Waals surface area contributed by atoms with Crippen LogP contribution < -0.4 is 5.32 Å². The van der Waals surface area contributed by atoms with Crippen molar-refractivity contribution in [2.75, 3.05) is 24.7 Å². The molecular weight excluding hydrogens is 250 g/mol. The van der Waals surface area contributed by atoms with Gasteiger partial charge in [0.05, 0.1) is 16.2 Å². The minimum absolute atomic E-state index is 0.190. The van der Waals surface area contributed by atoms with E-state index in [9.17, 15) is 8.42 Å². The molecule has 2 rings (SSSR count). The van der Waals surface area contributed by atoms with Gasteiger partial charge in [-0.05, 0) is 31.9 Å². The SMILES string of the molecule is CC1(CNc2ccccc2S(C)(=O)=O)CCCO1. The van der Waals surface area contributed by atoms with Crippen LogP contribution in [-0.2, 0) is 14.6 Å². The first-order valence-corrected chi connectivity index (χ1v) is 7.97. The van der Waals surface area contributed by atoms with Crippen LogP contribution >= 0.6 is 0 Å². The van der Waals surface area contributed by atoms with Gasteiger partial charge in [0, 0.05) is 19.4 Å². The number of nitrogens with one attached hydrogen (secondary N) is 1. The fourth-order valence-electron chi connectivity index (χ4n) is 2.19. The molecule has 1 aliphatic heterocycles. The smallest absolute Gasteiger partial charge is 0.177 e. The van der Waals surface area contributed by atoms with Crippen molar-refractivity contribution < 1.29 is 13.2 Å². The predicted molar refractivity (Wildman–Crippen MR) is 71.6 cm³/mol. The van der Waals surface area contributed by atoms with Gasteiger partial charge in [0.2, 0.25) is 0 Å². The summed E-state index contributed by atoms with van der Waals surface area (Å²) in [7, 11) is -3.20. The summed E-state index contributed by atoms with van der Waals surface area (Å²) in [6.45, 7) is 3.46. The van der Waals surface area contributed by atoms with Crippen LogP contribution in [0.15, 0.2) is 29.2 Å². The Morgan fingerprint density at radius 2 is 2.11 bits per heavy atom. The van der Waals surface area contributed by atoms with Gasteiger partial charge in [-0.3, -0.25) is 0 Å². The van der Waals surface area contributed by atoms with Crippen LogP contribution in [0.4, 0.5) is 5.69 Å². The summed E-state index contributed by atoms with van der Waals surface area (Å²) in [5, 5.41) is 3.20. The maximum atomic E-state index is 11.7. The standard InChI is InChI=1S/C13H19NO3S/c1-13(8-5-9-17-13)10-14-11-6-3-4-7-12(11)18(2,15)16/h3-4,6-7,14H,5,8-10H2,1-2H3. The molecule has 1 unspecified atom stereocenters. The van der Waals surface area contributed by atoms with Crippen LogP contribution in [0.1, 0.15) is 19.8 Å². The Morgan fingerprint density at radius 3 is 2.72 bits per heavy atom. The molecule has 0 amide bonds. The average molecular weight is 269 g/mol. The Bertz CT molecular complexity index is 519. The molecule has 0 bridgehead atoms. The van der Waals surface area contributed by atoms with Crippen molar-refractivity contribution >= 4 is 15.5 Å². The number of sulfone groups is 1. The van der Waals surface area contributed by atoms with Crippen molar-refractivity contribution in [1.82, 2.24) is 0 Å². The van der Waals surface area contributed by atoms with E-state index in [-0.39, 0.29) is 5.60 Å². The molecule has 1 saturated heterocycles. The van der Waals surface area contributed by atoms with E-state index in [1.165, 1.54) is 6.26 Å². The van der Waals surface area contributed by atoms with E-state index in [1.54, 1.807) is 18.2 Å². The molecule has 1 aromatic rings. The lowest BCUT2D eigenvalue weighted by Crippen LogP contribution is -2.32. The minimum atomic E-state index is -3.20. The first kappa shape index (κ1) is 13.4. The molecule has 0 spiro atoms. The second-order valence-corrected chi connectivity index (χ2v) is 7.01. The molecule has 18 heavy (non-hydrogen) atoms. The molecule has 1 atom stereocenters. The molecule has 0 saturated carbocycles. The molecular formula is C13H19NO3S. The highest BCUT2D eigenvalue weighted by Crippen LogP contribution is 2.27. The molecule has 5 heteroatoms. The van der Waals surface area contributed by atoms with Gasteiger partial charge in [0.15, 0.2) is 9.84 Å². The number of benzene rings is 1. The molecule has 1 fully saturated rings. The minimum Gasteiger partial charge on any atom is -0.381 e. The maximum Gasteiger partial charge on any atom is 0.177 e. The normalized spacial score (nSPS) is 24.1. The quantitative estimate of drug-likeness (QED) is 0.909. The molecule has 1 aliphatic rings. The summed E-state index contributed by atoms with van der Waals surface area (Å²) in [4.78, 5) is 0.339. The Hall–Kier alpha value is -1.07. The maximum absolute atomic E-state index is 11.7. The Kier molecular flexibility index (Phi) is 3.64. The van der Waals surface area contributed by atoms with Crippen molar-refractivity contribution in [2.24, 2.45) is 0 Å². The van der Waals surface area contributed by atoms with Crippen LogP contribution in [0.3, 0.4) is 0 Å². The van der Waals surface area contributed by atoms with Crippen LogP contribution in [0.5, 0.6) is 0 Å². The van der Waals surface area contributed by atoms with E-state index in [1.807, 2.05) is 6.07 Å². The second-order valence-electron chi connectivity index (χ2n) is 5.02. The third kappa shape index (κ3) is 3.03. The van der Waals surface area contributed by atoms with Gasteiger partial charge in [-0.2, -0.15) is 0 Å². The topological polar surface area (TPSA) is 55.4 Å². The summed E-state index contributed by atoms with van der Waals surface area (Å²) in [5.41, 5.74) is 0.460. The highest BCUT2D eigenvalue weighted by molar-refractivity contribution is 7.90. The summed E-state index contributed by atoms with van der Waals surface area (Å²) in [6.07, 6.45) is 3.29. The highest BCUT2D eigenvalue weighted by atomic mass is 32.2. The van der Waals surface area contributed by atoms with E-state index in [4.69, 9.17) is 4.74 Å². The lowest BCUT2D eigenvalue weighted by molar-refractivity contribution is 0.0315. The second kappa shape index (κ2) is 4.90. The molecule has 1 heterocycles. The zero-order chi connectivity index (χ0) is 13.2. The number of anilines is 1. The first-order valence-electron chi connectivity index (χ1n) is 6.08. The van der Waals surface area contributed by atoms with Gasteiger partial charge >= 0.3 is 0 Å². The molecule has 0 aliphatic carbocycles. The summed E-state index contributed by atoms with van der Waals surface area (Å²) in [5.74, 6) is 0. The van der Waals surface area contributed by atoms with Gasteiger partial charge in [-0.25, -0.2) is 8.42 Å². The Balaban J connectivity index is 2.15. The molecule has 0 radical (unpaired) electrons. The summed E-state index contributed by atoms with van der Waals surface area (Å²) >= 11 is 0. The molecule has 4 nitrogen and oxygen atoms in total. The Labute approximate surface area is 108 Å². The third-order valence-corrected chi connectivity index (χ3v) is 4.39. The van der Waals surface area contributed by atoms with Gasteiger partial charge in [0.1, 0.15) is 0 Å². The number of hydrogen-bond donors (Lipinski definition) is 1. The van der Waals surface area contributed by atoms with Gasteiger partial charge in [-0.15, -0.1) is 0 Å². The van der Waals surface area contributed by atoms with Crippen LogP contribution in [0.2, 0.25) is 0 Å². The van der Waals surface area contributed by atoms with Crippen molar-refractivity contribution in [3.63, 3.8) is 0 Å². The molecule has 1 N–H and O–H groups in total. The lowest BCUT2D eigenvalue weighted by atomic mass is 10.0. The number of ether oxygens (including phenoxy) is 1. The molecule has 1 aromatic carbocycles. The average Bonchev–Trinajstić information content (AvgIpc) is 2.73. The zero-order valence-electron chi connectivity index (χ0n) is 10.8. The summed E-state index contributed by atoms with van der Waals surface area (Å²) in [6, 6.07) is 6.97. The third-order valence-electron chi connectivity index (χ3n) is 3.24. The van der Waals surface area contributed by atoms with E-state index >= 15 is 0 Å². The van der Waals surface area contributed by atoms with Gasteiger partial charge in [-0.1, -0.05) is 12.1 Å². The van der Waals surface area contributed by atoms with Crippen LogP contribution in [0.25, 0.3) is 0 Å². The monoisotopic (exact) mass is 269 g/mol. The number of para-hydroxylation sites is 1. The van der Waals surface area contributed by atoms with Crippen molar-refractivity contribution in [2.45, 2.75) is 30.3 Å². The van der Waals surface area contributed by atoms with E-state index in [0.29, 0.717) is 17.1 Å². The van der Waals surface area contributed by atoms with E-state index < -0.39 is 9.84 Å². The predicted octanol–water partition coefficient (Wildman–Crippen LogP) is 2.07. The first-order chi connectivity index (χ1) is 8.41. The van der Waals surface area contributed by atoms with E-state index in [0.717, 1.165) is 19.4 Å². The fourth-order valence-corrected chi connectivity index (χ4v) is 3.06. The Morgan fingerprint density at radius 1 is 1.39 bits per heavy atom. The fraction of sp³-hybridized carbons (Fsp3) is 0.538. The van der Waals surface area contributed by atoms with Crippen molar-refractivity contribution in [3.05, 3.63) is 24.3 Å². The highest BCUT2D eigenvalue weighted by Gasteiger charge is 2.29. The molecule has 0 aromatic heterocycles. The molecule has 100 valence electrons. The number of rotatable bonds is 4. The largest absolute Gasteiger partial charge is 0.381 e. The van der Waals surface area contributed by atoms with E-state index in [2.05, 4.69) is 12.2 Å². The van der Waals surface area contributed by atoms with Gasteiger partial charge in [0.25, 0.3) is 0 Å². The summed E-state index contributed by atoms with van der Waals surface area (Å²) < 4.78 is 29.0. The van der Waals surface area contributed by atoms with Crippen LogP contribution in [-0.4, -0.2) is 33.4 Å². The number of hydrogen-bond acceptors (Lipinski definition) is 4. The van der Waals surface area contributed by atoms with Gasteiger partial charge < -0.3 is 10.1 Å². The zero-order valence-corrected chi connectivity index (χ0v) is 11.6. The van der Waals surface area contributed by atoms with Crippen molar-refractivity contribution in [3.8, 4) is 0 Å². The van der Waals surface area contributed by atoms with Crippen LogP contribution in [0, 0.1) is 0 Å².